The molecule has 2 aromatic rings. The van der Waals surface area contributed by atoms with Crippen molar-refractivity contribution in [2.75, 3.05) is 12.9 Å². The SMILES string of the molecule is C[Si](C)(C)CCOCc1[nH]nc2cc(Br)cc(COS(C)(=O)=O)c12. The van der Waals surface area contributed by atoms with Crippen molar-refractivity contribution in [2.24, 2.45) is 0 Å². The van der Waals surface area contributed by atoms with Crippen LogP contribution in [0, 0.1) is 0 Å². The normalized spacial score (nSPS) is 12.9. The van der Waals surface area contributed by atoms with Gasteiger partial charge in [-0.2, -0.15) is 13.5 Å². The Labute approximate surface area is 152 Å². The predicted molar refractivity (Wildman–Crippen MR) is 101 cm³/mol. The quantitative estimate of drug-likeness (QED) is 0.389. The van der Waals surface area contributed by atoms with Gasteiger partial charge < -0.3 is 4.74 Å². The van der Waals surface area contributed by atoms with Crippen LogP contribution in [-0.4, -0.2) is 39.6 Å². The summed E-state index contributed by atoms with van der Waals surface area (Å²) in [6.45, 7) is 8.01. The van der Waals surface area contributed by atoms with E-state index in [2.05, 4.69) is 45.8 Å². The maximum atomic E-state index is 11.3. The number of aromatic amines is 1. The molecule has 0 amide bonds. The minimum absolute atomic E-state index is 0.0315. The summed E-state index contributed by atoms with van der Waals surface area (Å²) in [5.41, 5.74) is 2.34. The third kappa shape index (κ3) is 5.96. The van der Waals surface area contributed by atoms with Gasteiger partial charge in [-0.25, -0.2) is 0 Å². The molecule has 0 radical (unpaired) electrons. The van der Waals surface area contributed by atoms with E-state index in [0.717, 1.165) is 38.9 Å². The second-order valence-corrected chi connectivity index (χ2v) is 15.2. The number of hydrogen-bond acceptors (Lipinski definition) is 5. The maximum Gasteiger partial charge on any atom is 0.264 e. The van der Waals surface area contributed by atoms with Gasteiger partial charge in [0.25, 0.3) is 10.1 Å². The van der Waals surface area contributed by atoms with E-state index in [0.29, 0.717) is 13.2 Å². The summed E-state index contributed by atoms with van der Waals surface area (Å²) in [5, 5.41) is 8.12. The first-order valence-electron chi connectivity index (χ1n) is 7.63. The molecule has 1 aromatic carbocycles. The Morgan fingerprint density at radius 1 is 1.25 bits per heavy atom. The van der Waals surface area contributed by atoms with Gasteiger partial charge in [-0.05, 0) is 23.7 Å². The van der Waals surface area contributed by atoms with Crippen LogP contribution in [0.4, 0.5) is 0 Å². The van der Waals surface area contributed by atoms with E-state index < -0.39 is 18.2 Å². The van der Waals surface area contributed by atoms with E-state index in [1.807, 2.05) is 12.1 Å². The lowest BCUT2D eigenvalue weighted by atomic mass is 10.1. The number of halogens is 1. The van der Waals surface area contributed by atoms with Crippen LogP contribution >= 0.6 is 15.9 Å². The summed E-state index contributed by atoms with van der Waals surface area (Å²) in [5.74, 6) is 0. The molecule has 6 nitrogen and oxygen atoms in total. The monoisotopic (exact) mass is 434 g/mol. The van der Waals surface area contributed by atoms with Crippen molar-refractivity contribution in [3.63, 3.8) is 0 Å². The fourth-order valence-corrected chi connectivity index (χ4v) is 3.80. The van der Waals surface area contributed by atoms with Crippen molar-refractivity contribution in [3.05, 3.63) is 27.9 Å². The van der Waals surface area contributed by atoms with Gasteiger partial charge in [-0.1, -0.05) is 35.6 Å². The molecule has 0 saturated heterocycles. The van der Waals surface area contributed by atoms with E-state index in [-0.39, 0.29) is 6.61 Å². The molecule has 0 fully saturated rings. The van der Waals surface area contributed by atoms with Crippen LogP contribution in [0.1, 0.15) is 11.3 Å². The summed E-state index contributed by atoms with van der Waals surface area (Å²) in [6, 6.07) is 4.81. The number of fused-ring (bicyclic) bond motifs is 1. The zero-order chi connectivity index (χ0) is 18.0. The molecule has 9 heteroatoms. The van der Waals surface area contributed by atoms with Gasteiger partial charge in [-0.3, -0.25) is 9.28 Å². The number of nitrogens with one attached hydrogen (secondary N) is 1. The second-order valence-electron chi connectivity index (χ2n) is 6.99. The molecular formula is C15H23BrN2O4SSi. The number of ether oxygens (including phenoxy) is 1. The van der Waals surface area contributed by atoms with Crippen LogP contribution in [-0.2, 0) is 32.3 Å². The maximum absolute atomic E-state index is 11.3. The fourth-order valence-electron chi connectivity index (χ4n) is 2.21. The number of aromatic nitrogens is 2. The minimum atomic E-state index is -3.51. The lowest BCUT2D eigenvalue weighted by molar-refractivity contribution is 0.131. The lowest BCUT2D eigenvalue weighted by Crippen LogP contribution is -2.21. The first kappa shape index (κ1) is 19.6. The third-order valence-corrected chi connectivity index (χ3v) is 6.16. The number of hydrogen-bond donors (Lipinski definition) is 1. The number of benzene rings is 1. The molecule has 1 N–H and O–H groups in total. The molecule has 0 aliphatic rings. The van der Waals surface area contributed by atoms with E-state index >= 15 is 0 Å². The van der Waals surface area contributed by atoms with E-state index in [9.17, 15) is 8.42 Å². The van der Waals surface area contributed by atoms with E-state index in [1.54, 1.807) is 0 Å². The van der Waals surface area contributed by atoms with Gasteiger partial charge in [0.2, 0.25) is 0 Å². The molecule has 0 bridgehead atoms. The summed E-state index contributed by atoms with van der Waals surface area (Å²) in [7, 11) is -4.64. The number of nitrogens with zero attached hydrogens (tertiary/aromatic N) is 1. The molecule has 24 heavy (non-hydrogen) atoms. The third-order valence-electron chi connectivity index (χ3n) is 3.45. The van der Waals surface area contributed by atoms with Gasteiger partial charge in [0.1, 0.15) is 0 Å². The van der Waals surface area contributed by atoms with Gasteiger partial charge in [0, 0.05) is 24.5 Å². The fraction of sp³-hybridized carbons (Fsp3) is 0.533. The summed E-state index contributed by atoms with van der Waals surface area (Å²) in [6.07, 6.45) is 1.04. The van der Waals surface area contributed by atoms with E-state index in [4.69, 9.17) is 8.92 Å². The highest BCUT2D eigenvalue weighted by Gasteiger charge is 2.15. The molecule has 2 rings (SSSR count). The Morgan fingerprint density at radius 2 is 1.96 bits per heavy atom. The first-order valence-corrected chi connectivity index (χ1v) is 13.9. The highest BCUT2D eigenvalue weighted by molar-refractivity contribution is 9.10. The highest BCUT2D eigenvalue weighted by atomic mass is 79.9. The Kier molecular flexibility index (Phi) is 6.24. The van der Waals surface area contributed by atoms with Gasteiger partial charge >= 0.3 is 0 Å². The molecule has 0 unspecified atom stereocenters. The van der Waals surface area contributed by atoms with Crippen molar-refractivity contribution in [1.29, 1.82) is 0 Å². The Balaban J connectivity index is 2.18. The topological polar surface area (TPSA) is 81.3 Å². The number of H-pyrrole nitrogens is 1. The van der Waals surface area contributed by atoms with Crippen LogP contribution in [0.2, 0.25) is 25.7 Å². The highest BCUT2D eigenvalue weighted by Crippen LogP contribution is 2.27. The molecule has 0 atom stereocenters. The van der Waals surface area contributed by atoms with Crippen molar-refractivity contribution in [3.8, 4) is 0 Å². The summed E-state index contributed by atoms with van der Waals surface area (Å²) < 4.78 is 34.1. The van der Waals surface area contributed by atoms with Crippen LogP contribution in [0.25, 0.3) is 10.9 Å². The Bertz CT molecular complexity index is 815. The molecule has 0 spiro atoms. The second kappa shape index (κ2) is 7.65. The summed E-state index contributed by atoms with van der Waals surface area (Å²) >= 11 is 3.41. The molecular weight excluding hydrogens is 412 g/mol. The predicted octanol–water partition coefficient (Wildman–Crippen LogP) is 3.66. The Hall–Kier alpha value is -0.743. The van der Waals surface area contributed by atoms with Crippen LogP contribution in [0.15, 0.2) is 16.6 Å². The van der Waals surface area contributed by atoms with E-state index in [1.165, 1.54) is 0 Å². The zero-order valence-electron chi connectivity index (χ0n) is 14.3. The van der Waals surface area contributed by atoms with Gasteiger partial charge in [-0.15, -0.1) is 0 Å². The zero-order valence-corrected chi connectivity index (χ0v) is 17.8. The van der Waals surface area contributed by atoms with Crippen molar-refractivity contribution >= 4 is 45.0 Å². The molecule has 1 aromatic heterocycles. The minimum Gasteiger partial charge on any atom is -0.375 e. The van der Waals surface area contributed by atoms with Gasteiger partial charge in [0.15, 0.2) is 0 Å². The molecule has 1 heterocycles. The lowest BCUT2D eigenvalue weighted by Gasteiger charge is -2.15. The van der Waals surface area contributed by atoms with Gasteiger partial charge in [0.05, 0.1) is 30.7 Å². The van der Waals surface area contributed by atoms with Crippen LogP contribution < -0.4 is 0 Å². The smallest absolute Gasteiger partial charge is 0.264 e. The van der Waals surface area contributed by atoms with Crippen molar-refractivity contribution in [1.82, 2.24) is 10.2 Å². The molecule has 0 aliphatic heterocycles. The standard InChI is InChI=1S/C15H23BrN2O4SSi/c1-23(19,20)22-9-11-7-12(16)8-13-15(11)14(18-17-13)10-21-5-6-24(2,3)4/h7-8H,5-6,9-10H2,1-4H3,(H,17,18). The molecule has 134 valence electrons. The average Bonchev–Trinajstić information content (AvgIpc) is 2.82. The molecule has 0 saturated carbocycles. The first-order chi connectivity index (χ1) is 11.1. The summed E-state index contributed by atoms with van der Waals surface area (Å²) in [4.78, 5) is 0. The largest absolute Gasteiger partial charge is 0.375 e. The molecule has 0 aliphatic carbocycles. The van der Waals surface area contributed by atoms with Crippen molar-refractivity contribution < 1.29 is 17.3 Å². The van der Waals surface area contributed by atoms with Crippen molar-refractivity contribution in [2.45, 2.75) is 38.9 Å². The van der Waals surface area contributed by atoms with Crippen LogP contribution in [0.5, 0.6) is 0 Å². The Morgan fingerprint density at radius 3 is 2.58 bits per heavy atom. The van der Waals surface area contributed by atoms with Crippen LogP contribution in [0.3, 0.4) is 0 Å². The average molecular weight is 435 g/mol. The number of rotatable bonds is 8.